The van der Waals surface area contributed by atoms with Gasteiger partial charge in [0.05, 0.1) is 4.92 Å². The van der Waals surface area contributed by atoms with Crippen LogP contribution in [0.4, 0.5) is 5.69 Å². The Hall–Kier alpha value is -2.15. The van der Waals surface area contributed by atoms with Crippen molar-refractivity contribution in [1.29, 1.82) is 0 Å². The van der Waals surface area contributed by atoms with Crippen molar-refractivity contribution in [3.8, 4) is 5.75 Å². The Labute approximate surface area is 129 Å². The summed E-state index contributed by atoms with van der Waals surface area (Å²) in [6.45, 7) is 2.39. The number of benzene rings is 1. The number of nitro benzene ring substituents is 1. The van der Waals surface area contributed by atoms with Crippen molar-refractivity contribution in [2.75, 3.05) is 33.3 Å². The van der Waals surface area contributed by atoms with Crippen LogP contribution in [-0.4, -0.2) is 49.0 Å². The fourth-order valence-electron chi connectivity index (χ4n) is 2.65. The molecule has 1 aliphatic heterocycles. The molecule has 120 valence electrons. The number of carbonyl (C=O) groups excluding carboxylic acids is 1. The van der Waals surface area contributed by atoms with Gasteiger partial charge in [0.1, 0.15) is 5.75 Å². The third-order valence-corrected chi connectivity index (χ3v) is 3.77. The van der Waals surface area contributed by atoms with Gasteiger partial charge in [-0.1, -0.05) is 0 Å². The van der Waals surface area contributed by atoms with Crippen molar-refractivity contribution in [3.63, 3.8) is 0 Å². The highest BCUT2D eigenvalue weighted by molar-refractivity contribution is 5.77. The number of ether oxygens (including phenoxy) is 1. The van der Waals surface area contributed by atoms with Crippen molar-refractivity contribution in [3.05, 3.63) is 34.4 Å². The van der Waals surface area contributed by atoms with Crippen molar-refractivity contribution in [1.82, 2.24) is 10.2 Å². The molecular formula is C15H21N3O4. The first-order valence-corrected chi connectivity index (χ1v) is 7.39. The van der Waals surface area contributed by atoms with Crippen LogP contribution in [0.2, 0.25) is 0 Å². The Bertz CT molecular complexity index is 516. The zero-order chi connectivity index (χ0) is 15.9. The zero-order valence-electron chi connectivity index (χ0n) is 12.7. The second kappa shape index (κ2) is 7.74. The number of hydrogen-bond acceptors (Lipinski definition) is 5. The Balaban J connectivity index is 1.83. The van der Waals surface area contributed by atoms with Crippen LogP contribution >= 0.6 is 0 Å². The Morgan fingerprint density at radius 2 is 2.18 bits per heavy atom. The zero-order valence-corrected chi connectivity index (χ0v) is 12.7. The Kier molecular flexibility index (Phi) is 5.71. The van der Waals surface area contributed by atoms with E-state index in [4.69, 9.17) is 4.74 Å². The van der Waals surface area contributed by atoms with Crippen LogP contribution in [0.3, 0.4) is 0 Å². The number of piperidine rings is 1. The van der Waals surface area contributed by atoms with E-state index in [0.717, 1.165) is 32.5 Å². The Morgan fingerprint density at radius 3 is 2.82 bits per heavy atom. The summed E-state index contributed by atoms with van der Waals surface area (Å²) in [4.78, 5) is 24.1. The second-order valence-corrected chi connectivity index (χ2v) is 5.45. The summed E-state index contributed by atoms with van der Waals surface area (Å²) >= 11 is 0. The van der Waals surface area contributed by atoms with Crippen LogP contribution < -0.4 is 10.1 Å². The fraction of sp³-hybridized carbons (Fsp3) is 0.533. The lowest BCUT2D eigenvalue weighted by molar-refractivity contribution is -0.384. The molecule has 0 spiro atoms. The van der Waals surface area contributed by atoms with Gasteiger partial charge in [0.15, 0.2) is 6.61 Å². The minimum Gasteiger partial charge on any atom is -0.484 e. The molecule has 1 fully saturated rings. The van der Waals surface area contributed by atoms with Gasteiger partial charge < -0.3 is 15.0 Å². The molecule has 1 atom stereocenters. The summed E-state index contributed by atoms with van der Waals surface area (Å²) in [6, 6.07) is 5.74. The lowest BCUT2D eigenvalue weighted by Gasteiger charge is -2.32. The predicted molar refractivity (Wildman–Crippen MR) is 81.8 cm³/mol. The van der Waals surface area contributed by atoms with Gasteiger partial charge in [0.2, 0.25) is 0 Å². The topological polar surface area (TPSA) is 84.7 Å². The van der Waals surface area contributed by atoms with Crippen molar-refractivity contribution >= 4 is 11.6 Å². The van der Waals surface area contributed by atoms with Crippen LogP contribution in [0.15, 0.2) is 24.3 Å². The molecule has 0 aromatic heterocycles. The van der Waals surface area contributed by atoms with E-state index < -0.39 is 4.92 Å². The van der Waals surface area contributed by atoms with E-state index in [9.17, 15) is 14.9 Å². The fourth-order valence-corrected chi connectivity index (χ4v) is 2.65. The maximum Gasteiger partial charge on any atom is 0.269 e. The van der Waals surface area contributed by atoms with E-state index in [0.29, 0.717) is 11.7 Å². The third kappa shape index (κ3) is 4.42. The second-order valence-electron chi connectivity index (χ2n) is 5.45. The molecule has 0 aliphatic carbocycles. The molecule has 0 bridgehead atoms. The van der Waals surface area contributed by atoms with Gasteiger partial charge in [-0.25, -0.2) is 0 Å². The van der Waals surface area contributed by atoms with E-state index in [1.807, 2.05) is 11.9 Å². The van der Waals surface area contributed by atoms with Gasteiger partial charge in [0.25, 0.3) is 11.6 Å². The van der Waals surface area contributed by atoms with E-state index in [1.54, 1.807) is 0 Å². The molecule has 1 aromatic carbocycles. The highest BCUT2D eigenvalue weighted by Crippen LogP contribution is 2.18. The number of amides is 1. The van der Waals surface area contributed by atoms with Crippen molar-refractivity contribution < 1.29 is 14.5 Å². The number of rotatable bonds is 6. The lowest BCUT2D eigenvalue weighted by Crippen LogP contribution is -2.44. The highest BCUT2D eigenvalue weighted by Gasteiger charge is 2.23. The van der Waals surface area contributed by atoms with E-state index in [-0.39, 0.29) is 18.2 Å². The van der Waals surface area contributed by atoms with E-state index >= 15 is 0 Å². The van der Waals surface area contributed by atoms with Crippen LogP contribution in [0.5, 0.6) is 5.75 Å². The first-order chi connectivity index (χ1) is 10.6. The summed E-state index contributed by atoms with van der Waals surface area (Å²) in [5.74, 6) is 0.906. The molecule has 0 radical (unpaired) electrons. The number of carbonyl (C=O) groups is 1. The van der Waals surface area contributed by atoms with Crippen molar-refractivity contribution in [2.24, 2.45) is 5.92 Å². The molecule has 1 N–H and O–H groups in total. The van der Waals surface area contributed by atoms with E-state index in [1.165, 1.54) is 24.3 Å². The van der Waals surface area contributed by atoms with Gasteiger partial charge in [-0.05, 0) is 44.5 Å². The van der Waals surface area contributed by atoms with Gasteiger partial charge in [0, 0.05) is 25.2 Å². The molecule has 1 saturated heterocycles. The summed E-state index contributed by atoms with van der Waals surface area (Å²) < 4.78 is 5.42. The smallest absolute Gasteiger partial charge is 0.269 e. The molecule has 22 heavy (non-hydrogen) atoms. The lowest BCUT2D eigenvalue weighted by atomic mass is 9.98. The standard InChI is InChI=1S/C15H21N3O4/c1-16-9-12-3-2-8-17(10-12)15(19)11-22-14-6-4-13(5-7-14)18(20)21/h4-7,12,16H,2-3,8-11H2,1H3. The molecule has 2 rings (SSSR count). The average molecular weight is 307 g/mol. The molecule has 1 aromatic rings. The van der Waals surface area contributed by atoms with Gasteiger partial charge in [-0.3, -0.25) is 14.9 Å². The summed E-state index contributed by atoms with van der Waals surface area (Å²) in [5.41, 5.74) is 0.00427. The summed E-state index contributed by atoms with van der Waals surface area (Å²) in [6.07, 6.45) is 2.14. The number of likely N-dealkylation sites (tertiary alicyclic amines) is 1. The number of nitrogens with zero attached hydrogens (tertiary/aromatic N) is 2. The SMILES string of the molecule is CNCC1CCCN(C(=O)COc2ccc([N+](=O)[O-])cc2)C1. The molecule has 0 saturated carbocycles. The largest absolute Gasteiger partial charge is 0.484 e. The molecule has 1 heterocycles. The predicted octanol–water partition coefficient (Wildman–Crippen LogP) is 1.43. The van der Waals surface area contributed by atoms with Gasteiger partial charge >= 0.3 is 0 Å². The maximum atomic E-state index is 12.2. The normalized spacial score (nSPS) is 18.0. The molecular weight excluding hydrogens is 286 g/mol. The quantitative estimate of drug-likeness (QED) is 0.635. The minimum absolute atomic E-state index is 0.00427. The summed E-state index contributed by atoms with van der Waals surface area (Å²) in [7, 11) is 1.92. The van der Waals surface area contributed by atoms with Crippen LogP contribution in [0.25, 0.3) is 0 Å². The van der Waals surface area contributed by atoms with E-state index in [2.05, 4.69) is 5.32 Å². The number of nitro groups is 1. The molecule has 1 unspecified atom stereocenters. The van der Waals surface area contributed by atoms with Crippen LogP contribution in [0, 0.1) is 16.0 Å². The van der Waals surface area contributed by atoms with Gasteiger partial charge in [-0.2, -0.15) is 0 Å². The average Bonchev–Trinajstić information content (AvgIpc) is 2.53. The Morgan fingerprint density at radius 1 is 1.45 bits per heavy atom. The molecule has 1 amide bonds. The highest BCUT2D eigenvalue weighted by atomic mass is 16.6. The first kappa shape index (κ1) is 16.2. The third-order valence-electron chi connectivity index (χ3n) is 3.77. The van der Waals surface area contributed by atoms with Gasteiger partial charge in [-0.15, -0.1) is 0 Å². The van der Waals surface area contributed by atoms with Crippen LogP contribution in [0.1, 0.15) is 12.8 Å². The molecule has 1 aliphatic rings. The minimum atomic E-state index is -0.468. The number of nitrogens with one attached hydrogen (secondary N) is 1. The first-order valence-electron chi connectivity index (χ1n) is 7.39. The molecule has 7 nitrogen and oxygen atoms in total. The number of hydrogen-bond donors (Lipinski definition) is 1. The van der Waals surface area contributed by atoms with Crippen LogP contribution in [-0.2, 0) is 4.79 Å². The maximum absolute atomic E-state index is 12.2. The summed E-state index contributed by atoms with van der Waals surface area (Å²) in [5, 5.41) is 13.7. The number of non-ortho nitro benzene ring substituents is 1. The molecule has 7 heteroatoms. The van der Waals surface area contributed by atoms with Crippen molar-refractivity contribution in [2.45, 2.75) is 12.8 Å². The monoisotopic (exact) mass is 307 g/mol.